The van der Waals surface area contributed by atoms with Crippen LogP contribution in [0.5, 0.6) is 0 Å². The number of aryl methyl sites for hydroxylation is 1. The molecular formula is C12H12ClNO3S. The zero-order valence-corrected chi connectivity index (χ0v) is 11.3. The Bertz CT molecular complexity index is 506. The Hall–Kier alpha value is -1.20. The molecule has 0 radical (unpaired) electrons. The molecule has 0 saturated carbocycles. The van der Waals surface area contributed by atoms with E-state index >= 15 is 0 Å². The van der Waals surface area contributed by atoms with Crippen molar-refractivity contribution in [3.63, 3.8) is 0 Å². The number of amides is 1. The van der Waals surface area contributed by atoms with Crippen LogP contribution < -0.4 is 0 Å². The van der Waals surface area contributed by atoms with Crippen LogP contribution in [0.2, 0.25) is 5.02 Å². The number of carbonyl (C=O) groups is 2. The van der Waals surface area contributed by atoms with Crippen molar-refractivity contribution < 1.29 is 14.7 Å². The Kier molecular flexibility index (Phi) is 3.82. The molecule has 1 heterocycles. The minimum atomic E-state index is -0.975. The summed E-state index contributed by atoms with van der Waals surface area (Å²) in [6.45, 7) is 1.88. The molecule has 0 spiro atoms. The molecular weight excluding hydrogens is 274 g/mol. The third-order valence-electron chi connectivity index (χ3n) is 2.78. The number of halogens is 1. The molecule has 1 saturated heterocycles. The van der Waals surface area contributed by atoms with E-state index in [2.05, 4.69) is 0 Å². The van der Waals surface area contributed by atoms with Gasteiger partial charge < -0.3 is 10.0 Å². The van der Waals surface area contributed by atoms with Gasteiger partial charge in [-0.15, -0.1) is 11.8 Å². The third-order valence-corrected chi connectivity index (χ3v) is 4.11. The number of benzene rings is 1. The number of aliphatic carboxylic acids is 1. The van der Waals surface area contributed by atoms with Gasteiger partial charge in [-0.1, -0.05) is 17.7 Å². The highest BCUT2D eigenvalue weighted by molar-refractivity contribution is 7.99. The topological polar surface area (TPSA) is 57.6 Å². The summed E-state index contributed by atoms with van der Waals surface area (Å²) in [7, 11) is 0. The minimum Gasteiger partial charge on any atom is -0.480 e. The van der Waals surface area contributed by atoms with Gasteiger partial charge in [0.05, 0.1) is 16.5 Å². The summed E-state index contributed by atoms with van der Waals surface area (Å²) in [5.41, 5.74) is 1.32. The summed E-state index contributed by atoms with van der Waals surface area (Å²) in [4.78, 5) is 24.7. The second kappa shape index (κ2) is 5.20. The van der Waals surface area contributed by atoms with E-state index in [1.807, 2.05) is 6.92 Å². The van der Waals surface area contributed by atoms with Crippen molar-refractivity contribution >= 4 is 35.2 Å². The van der Waals surface area contributed by atoms with Gasteiger partial charge in [0.2, 0.25) is 0 Å². The zero-order chi connectivity index (χ0) is 13.3. The number of hydrogen-bond acceptors (Lipinski definition) is 3. The molecule has 1 aliphatic rings. The fourth-order valence-corrected chi connectivity index (χ4v) is 3.26. The van der Waals surface area contributed by atoms with Crippen LogP contribution in [-0.4, -0.2) is 39.6 Å². The molecule has 1 fully saturated rings. The van der Waals surface area contributed by atoms with Gasteiger partial charge in [0, 0.05) is 5.75 Å². The highest BCUT2D eigenvalue weighted by Gasteiger charge is 2.35. The molecule has 0 bridgehead atoms. The fraction of sp³-hybridized carbons (Fsp3) is 0.333. The normalized spacial score (nSPS) is 19.0. The number of rotatable bonds is 2. The van der Waals surface area contributed by atoms with Crippen LogP contribution in [0.3, 0.4) is 0 Å². The quantitative estimate of drug-likeness (QED) is 0.905. The molecule has 1 aromatic rings. The number of hydrogen-bond donors (Lipinski definition) is 1. The maximum absolute atomic E-state index is 12.3. The lowest BCUT2D eigenvalue weighted by Gasteiger charge is -2.21. The van der Waals surface area contributed by atoms with E-state index in [1.54, 1.807) is 18.2 Å². The molecule has 2 rings (SSSR count). The highest BCUT2D eigenvalue weighted by atomic mass is 35.5. The lowest BCUT2D eigenvalue weighted by atomic mass is 10.1. The van der Waals surface area contributed by atoms with Crippen LogP contribution in [0, 0.1) is 6.92 Å². The monoisotopic (exact) mass is 285 g/mol. The van der Waals surface area contributed by atoms with E-state index in [1.165, 1.54) is 16.7 Å². The molecule has 1 aromatic carbocycles. The molecule has 1 amide bonds. The van der Waals surface area contributed by atoms with Crippen LogP contribution in [0.4, 0.5) is 0 Å². The summed E-state index contributed by atoms with van der Waals surface area (Å²) in [5.74, 6) is -0.487. The molecule has 1 atom stereocenters. The Morgan fingerprint density at radius 1 is 1.50 bits per heavy atom. The molecule has 1 unspecified atom stereocenters. The van der Waals surface area contributed by atoms with E-state index < -0.39 is 12.0 Å². The number of carboxylic acids is 1. The van der Waals surface area contributed by atoms with Crippen LogP contribution >= 0.6 is 23.4 Å². The molecule has 18 heavy (non-hydrogen) atoms. The van der Waals surface area contributed by atoms with Crippen LogP contribution in [0.25, 0.3) is 0 Å². The lowest BCUT2D eigenvalue weighted by Crippen LogP contribution is -2.41. The van der Waals surface area contributed by atoms with E-state index in [0.29, 0.717) is 22.2 Å². The SMILES string of the molecule is Cc1ccc(C(=O)N2CSCC2C(=O)O)c(Cl)c1. The first-order valence-corrected chi connectivity index (χ1v) is 6.91. The minimum absolute atomic E-state index is 0.322. The van der Waals surface area contributed by atoms with Crippen molar-refractivity contribution in [2.45, 2.75) is 13.0 Å². The van der Waals surface area contributed by atoms with Gasteiger partial charge in [0.1, 0.15) is 6.04 Å². The predicted octanol–water partition coefficient (Wildman–Crippen LogP) is 2.25. The van der Waals surface area contributed by atoms with Gasteiger partial charge in [-0.3, -0.25) is 4.79 Å². The predicted molar refractivity (Wildman–Crippen MR) is 71.1 cm³/mol. The number of carbonyl (C=O) groups excluding carboxylic acids is 1. The second-order valence-corrected chi connectivity index (χ2v) is 5.52. The van der Waals surface area contributed by atoms with E-state index in [0.717, 1.165) is 5.56 Å². The van der Waals surface area contributed by atoms with E-state index in [-0.39, 0.29) is 5.91 Å². The summed E-state index contributed by atoms with van der Waals surface area (Å²) >= 11 is 7.46. The van der Waals surface area contributed by atoms with Crippen LogP contribution in [-0.2, 0) is 4.79 Å². The standard InChI is InChI=1S/C12H12ClNO3S/c1-7-2-3-8(9(13)4-7)11(15)14-6-18-5-10(14)12(16)17/h2-4,10H,5-6H2,1H3,(H,16,17). The van der Waals surface area contributed by atoms with Crippen molar-refractivity contribution in [1.29, 1.82) is 0 Å². The smallest absolute Gasteiger partial charge is 0.327 e. The number of thioether (sulfide) groups is 1. The van der Waals surface area contributed by atoms with Crippen molar-refractivity contribution in [1.82, 2.24) is 4.90 Å². The summed E-state index contributed by atoms with van der Waals surface area (Å²) < 4.78 is 0. The van der Waals surface area contributed by atoms with Gasteiger partial charge in [-0.05, 0) is 24.6 Å². The third kappa shape index (κ3) is 2.47. The zero-order valence-electron chi connectivity index (χ0n) is 9.72. The van der Waals surface area contributed by atoms with Crippen LogP contribution in [0.1, 0.15) is 15.9 Å². The lowest BCUT2D eigenvalue weighted by molar-refractivity contribution is -0.140. The van der Waals surface area contributed by atoms with Gasteiger partial charge in [-0.25, -0.2) is 4.79 Å². The van der Waals surface area contributed by atoms with Crippen molar-refractivity contribution in [3.8, 4) is 0 Å². The molecule has 0 aromatic heterocycles. The molecule has 4 nitrogen and oxygen atoms in total. The summed E-state index contributed by atoms with van der Waals surface area (Å²) in [5, 5.41) is 9.41. The fourth-order valence-electron chi connectivity index (χ4n) is 1.80. The number of nitrogens with zero attached hydrogens (tertiary/aromatic N) is 1. The Morgan fingerprint density at radius 2 is 2.22 bits per heavy atom. The first-order chi connectivity index (χ1) is 8.50. The molecule has 1 N–H and O–H groups in total. The molecule has 1 aliphatic heterocycles. The first-order valence-electron chi connectivity index (χ1n) is 5.38. The van der Waals surface area contributed by atoms with Crippen molar-refractivity contribution in [3.05, 3.63) is 34.3 Å². The van der Waals surface area contributed by atoms with Gasteiger partial charge >= 0.3 is 5.97 Å². The molecule has 6 heteroatoms. The van der Waals surface area contributed by atoms with E-state index in [4.69, 9.17) is 16.7 Å². The van der Waals surface area contributed by atoms with Gasteiger partial charge in [0.25, 0.3) is 5.91 Å². The Balaban J connectivity index is 2.28. The van der Waals surface area contributed by atoms with E-state index in [9.17, 15) is 9.59 Å². The van der Waals surface area contributed by atoms with Crippen molar-refractivity contribution in [2.24, 2.45) is 0 Å². The van der Waals surface area contributed by atoms with Crippen molar-refractivity contribution in [2.75, 3.05) is 11.6 Å². The van der Waals surface area contributed by atoms with Crippen LogP contribution in [0.15, 0.2) is 18.2 Å². The Morgan fingerprint density at radius 3 is 2.83 bits per heavy atom. The average molecular weight is 286 g/mol. The van der Waals surface area contributed by atoms with Gasteiger partial charge in [-0.2, -0.15) is 0 Å². The summed E-state index contributed by atoms with van der Waals surface area (Å²) in [6.07, 6.45) is 0. The number of carboxylic acid groups (broad SMARTS) is 1. The average Bonchev–Trinajstić information content (AvgIpc) is 2.77. The molecule has 0 aliphatic carbocycles. The highest BCUT2D eigenvalue weighted by Crippen LogP contribution is 2.26. The largest absolute Gasteiger partial charge is 0.480 e. The maximum Gasteiger partial charge on any atom is 0.327 e. The maximum atomic E-state index is 12.3. The Labute approximate surface area is 114 Å². The summed E-state index contributed by atoms with van der Waals surface area (Å²) in [6, 6.07) is 4.37. The van der Waals surface area contributed by atoms with Gasteiger partial charge in [0.15, 0.2) is 0 Å². The second-order valence-electron chi connectivity index (χ2n) is 4.11. The molecule has 96 valence electrons. The first kappa shape index (κ1) is 13.2.